The van der Waals surface area contributed by atoms with Crippen molar-refractivity contribution in [2.24, 2.45) is 0 Å². The van der Waals surface area contributed by atoms with Crippen molar-refractivity contribution >= 4 is 37.7 Å². The third-order valence-electron chi connectivity index (χ3n) is 2.47. The number of halogens is 2. The van der Waals surface area contributed by atoms with Gasteiger partial charge >= 0.3 is 5.97 Å². The summed E-state index contributed by atoms with van der Waals surface area (Å²) in [5, 5.41) is 8.81. The van der Waals surface area contributed by atoms with Crippen LogP contribution in [-0.2, 0) is 10.0 Å². The Hall–Kier alpha value is -2.00. The number of nitrogens with one attached hydrogen (secondary N) is 1. The van der Waals surface area contributed by atoms with Crippen LogP contribution in [0.15, 0.2) is 45.9 Å². The van der Waals surface area contributed by atoms with Gasteiger partial charge in [-0.3, -0.25) is 4.72 Å². The van der Waals surface area contributed by atoms with Gasteiger partial charge in [0.2, 0.25) is 0 Å². The second-order valence-corrected chi connectivity index (χ2v) is 6.42. The van der Waals surface area contributed by atoms with E-state index in [9.17, 15) is 17.6 Å². The molecule has 0 aliphatic heterocycles. The van der Waals surface area contributed by atoms with Crippen LogP contribution < -0.4 is 4.72 Å². The summed E-state index contributed by atoms with van der Waals surface area (Å²) in [4.78, 5) is 14.3. The van der Waals surface area contributed by atoms with Crippen molar-refractivity contribution in [2.75, 3.05) is 4.72 Å². The highest BCUT2D eigenvalue weighted by Gasteiger charge is 2.20. The highest BCUT2D eigenvalue weighted by Crippen LogP contribution is 2.23. The molecule has 1 aromatic carbocycles. The fraction of sp³-hybridized carbons (Fsp3) is 0. The lowest BCUT2D eigenvalue weighted by atomic mass is 10.2. The molecule has 0 saturated carbocycles. The van der Waals surface area contributed by atoms with Crippen molar-refractivity contribution in [2.45, 2.75) is 4.90 Å². The standard InChI is InChI=1S/C12H8BrFN2O4S/c13-9-2-1-5-15-11(9)16-21(19,20)7-3-4-10(14)8(6-7)12(17)18/h1-6H,(H,15,16)(H,17,18). The number of benzene rings is 1. The summed E-state index contributed by atoms with van der Waals surface area (Å²) in [5.41, 5.74) is -0.724. The first-order valence-corrected chi connectivity index (χ1v) is 7.75. The van der Waals surface area contributed by atoms with E-state index in [1.807, 2.05) is 0 Å². The zero-order chi connectivity index (χ0) is 15.6. The lowest BCUT2D eigenvalue weighted by Gasteiger charge is -2.09. The zero-order valence-corrected chi connectivity index (χ0v) is 12.6. The summed E-state index contributed by atoms with van der Waals surface area (Å²) in [7, 11) is -4.08. The predicted molar refractivity (Wildman–Crippen MR) is 76.1 cm³/mol. The molecule has 0 unspecified atom stereocenters. The molecular formula is C12H8BrFN2O4S. The Morgan fingerprint density at radius 3 is 2.67 bits per heavy atom. The first kappa shape index (κ1) is 15.4. The molecule has 0 fully saturated rings. The minimum absolute atomic E-state index is 0.0405. The van der Waals surface area contributed by atoms with Crippen LogP contribution in [0.2, 0.25) is 0 Å². The second kappa shape index (κ2) is 5.78. The summed E-state index contributed by atoms with van der Waals surface area (Å²) in [6.07, 6.45) is 1.38. The number of carboxylic acid groups (broad SMARTS) is 1. The van der Waals surface area contributed by atoms with Crippen LogP contribution in [0.5, 0.6) is 0 Å². The average Bonchev–Trinajstić information content (AvgIpc) is 2.41. The maximum Gasteiger partial charge on any atom is 0.338 e. The summed E-state index contributed by atoms with van der Waals surface area (Å²) in [5.74, 6) is -2.53. The van der Waals surface area contributed by atoms with E-state index in [-0.39, 0.29) is 10.7 Å². The molecule has 110 valence electrons. The van der Waals surface area contributed by atoms with Crippen molar-refractivity contribution in [1.29, 1.82) is 0 Å². The average molecular weight is 375 g/mol. The molecule has 1 aromatic heterocycles. The van der Waals surface area contributed by atoms with Gasteiger partial charge in [-0.2, -0.15) is 0 Å². The van der Waals surface area contributed by atoms with Crippen molar-refractivity contribution < 1.29 is 22.7 Å². The van der Waals surface area contributed by atoms with E-state index in [1.54, 1.807) is 12.1 Å². The topological polar surface area (TPSA) is 96.4 Å². The summed E-state index contributed by atoms with van der Waals surface area (Å²) < 4.78 is 40.2. The number of pyridine rings is 1. The highest BCUT2D eigenvalue weighted by atomic mass is 79.9. The number of nitrogens with zero attached hydrogens (tertiary/aromatic N) is 1. The molecule has 0 radical (unpaired) electrons. The molecule has 0 amide bonds. The van der Waals surface area contributed by atoms with Crippen LogP contribution in [0.3, 0.4) is 0 Å². The molecular weight excluding hydrogens is 367 g/mol. The molecule has 21 heavy (non-hydrogen) atoms. The van der Waals surface area contributed by atoms with E-state index >= 15 is 0 Å². The second-order valence-electron chi connectivity index (χ2n) is 3.89. The third kappa shape index (κ3) is 3.37. The Balaban J connectivity index is 2.43. The quantitative estimate of drug-likeness (QED) is 0.856. The number of aromatic carboxylic acids is 1. The molecule has 2 aromatic rings. The maximum absolute atomic E-state index is 13.3. The molecule has 1 heterocycles. The Kier molecular flexibility index (Phi) is 4.24. The Labute approximate surface area is 127 Å². The minimum atomic E-state index is -4.08. The normalized spacial score (nSPS) is 11.1. The van der Waals surface area contributed by atoms with Gasteiger partial charge in [-0.15, -0.1) is 0 Å². The predicted octanol–water partition coefficient (Wildman–Crippen LogP) is 2.48. The number of anilines is 1. The Morgan fingerprint density at radius 1 is 1.33 bits per heavy atom. The van der Waals surface area contributed by atoms with Gasteiger partial charge in [-0.1, -0.05) is 0 Å². The molecule has 0 aliphatic carbocycles. The summed E-state index contributed by atoms with van der Waals surface area (Å²) >= 11 is 3.13. The van der Waals surface area contributed by atoms with Crippen LogP contribution in [0.1, 0.15) is 10.4 Å². The van der Waals surface area contributed by atoms with Gasteiger partial charge in [0, 0.05) is 6.20 Å². The van der Waals surface area contributed by atoms with E-state index < -0.39 is 27.4 Å². The van der Waals surface area contributed by atoms with Gasteiger partial charge in [-0.05, 0) is 46.3 Å². The molecule has 0 bridgehead atoms. The van der Waals surface area contributed by atoms with Crippen LogP contribution in [-0.4, -0.2) is 24.5 Å². The van der Waals surface area contributed by atoms with Gasteiger partial charge in [0.1, 0.15) is 5.82 Å². The van der Waals surface area contributed by atoms with Gasteiger partial charge in [0.15, 0.2) is 5.82 Å². The first-order valence-electron chi connectivity index (χ1n) is 5.47. The van der Waals surface area contributed by atoms with Gasteiger partial charge < -0.3 is 5.11 Å². The van der Waals surface area contributed by atoms with E-state index in [0.717, 1.165) is 18.2 Å². The number of aromatic nitrogens is 1. The van der Waals surface area contributed by atoms with E-state index in [0.29, 0.717) is 4.47 Å². The molecule has 0 spiro atoms. The largest absolute Gasteiger partial charge is 0.478 e. The number of sulfonamides is 1. The number of carboxylic acids is 1. The fourth-order valence-electron chi connectivity index (χ4n) is 1.48. The maximum atomic E-state index is 13.3. The van der Waals surface area contributed by atoms with Crippen molar-refractivity contribution in [3.8, 4) is 0 Å². The highest BCUT2D eigenvalue weighted by molar-refractivity contribution is 9.10. The first-order chi connectivity index (χ1) is 9.81. The van der Waals surface area contributed by atoms with Crippen LogP contribution >= 0.6 is 15.9 Å². The van der Waals surface area contributed by atoms with Crippen molar-refractivity contribution in [3.05, 3.63) is 52.4 Å². The van der Waals surface area contributed by atoms with E-state index in [4.69, 9.17) is 5.11 Å². The monoisotopic (exact) mass is 374 g/mol. The number of carbonyl (C=O) groups is 1. The number of hydrogen-bond donors (Lipinski definition) is 2. The molecule has 2 N–H and O–H groups in total. The smallest absolute Gasteiger partial charge is 0.338 e. The van der Waals surface area contributed by atoms with Crippen molar-refractivity contribution in [3.63, 3.8) is 0 Å². The molecule has 0 aliphatic rings. The molecule has 2 rings (SSSR count). The van der Waals surface area contributed by atoms with Crippen LogP contribution in [0.25, 0.3) is 0 Å². The third-order valence-corrected chi connectivity index (χ3v) is 4.44. The Morgan fingerprint density at radius 2 is 2.05 bits per heavy atom. The molecule has 9 heteroatoms. The van der Waals surface area contributed by atoms with Crippen LogP contribution in [0.4, 0.5) is 10.2 Å². The van der Waals surface area contributed by atoms with Crippen molar-refractivity contribution in [1.82, 2.24) is 4.98 Å². The molecule has 0 saturated heterocycles. The lowest BCUT2D eigenvalue weighted by molar-refractivity contribution is 0.0691. The molecule has 6 nitrogen and oxygen atoms in total. The van der Waals surface area contributed by atoms with E-state index in [2.05, 4.69) is 25.6 Å². The minimum Gasteiger partial charge on any atom is -0.478 e. The van der Waals surface area contributed by atoms with E-state index in [1.165, 1.54) is 6.20 Å². The van der Waals surface area contributed by atoms with Crippen LogP contribution in [0, 0.1) is 5.82 Å². The summed E-state index contributed by atoms with van der Waals surface area (Å²) in [6, 6.07) is 5.68. The lowest BCUT2D eigenvalue weighted by Crippen LogP contribution is -2.15. The summed E-state index contributed by atoms with van der Waals surface area (Å²) in [6.45, 7) is 0. The van der Waals surface area contributed by atoms with Gasteiger partial charge in [0.05, 0.1) is 14.9 Å². The van der Waals surface area contributed by atoms with Gasteiger partial charge in [-0.25, -0.2) is 22.6 Å². The van der Waals surface area contributed by atoms with Gasteiger partial charge in [0.25, 0.3) is 10.0 Å². The number of rotatable bonds is 4. The fourth-order valence-corrected chi connectivity index (χ4v) is 3.02. The number of hydrogen-bond acceptors (Lipinski definition) is 4. The SMILES string of the molecule is O=C(O)c1cc(S(=O)(=O)Nc2ncccc2Br)ccc1F. The zero-order valence-electron chi connectivity index (χ0n) is 10.2. The Bertz CT molecular complexity index is 811. The molecule has 0 atom stereocenters.